The number of nitrogens with zero attached hydrogens (tertiary/aromatic N) is 2. The van der Waals surface area contributed by atoms with E-state index in [0.29, 0.717) is 30.2 Å². The van der Waals surface area contributed by atoms with E-state index in [0.717, 1.165) is 21.7 Å². The van der Waals surface area contributed by atoms with E-state index >= 15 is 0 Å². The molecule has 7 heteroatoms. The van der Waals surface area contributed by atoms with Crippen LogP contribution in [0.25, 0.3) is 10.6 Å². The number of H-pyrrole nitrogens is 1. The van der Waals surface area contributed by atoms with Crippen molar-refractivity contribution in [3.63, 3.8) is 0 Å². The first-order valence-electron chi connectivity index (χ1n) is 9.30. The van der Waals surface area contributed by atoms with E-state index in [-0.39, 0.29) is 5.91 Å². The largest absolute Gasteiger partial charge is 0.489 e. The maximum atomic E-state index is 12.7. The zero-order chi connectivity index (χ0) is 20.8. The molecule has 2 N–H and O–H groups in total. The van der Waals surface area contributed by atoms with Crippen molar-refractivity contribution in [3.05, 3.63) is 88.9 Å². The molecule has 30 heavy (non-hydrogen) atoms. The maximum Gasteiger partial charge on any atom is 0.276 e. The highest BCUT2D eigenvalue weighted by Gasteiger charge is 2.14. The molecule has 148 valence electrons. The van der Waals surface area contributed by atoms with E-state index in [1.807, 2.05) is 66.0 Å². The van der Waals surface area contributed by atoms with Crippen LogP contribution in [0.5, 0.6) is 5.75 Å². The number of aromatic nitrogens is 2. The van der Waals surface area contributed by atoms with Crippen LogP contribution in [0.3, 0.4) is 0 Å². The van der Waals surface area contributed by atoms with Crippen molar-refractivity contribution < 1.29 is 9.53 Å². The van der Waals surface area contributed by atoms with Crippen molar-refractivity contribution in [2.75, 3.05) is 5.32 Å². The van der Waals surface area contributed by atoms with Gasteiger partial charge in [-0.3, -0.25) is 9.89 Å². The number of carbonyl (C=O) groups is 1. The van der Waals surface area contributed by atoms with Gasteiger partial charge in [-0.2, -0.15) is 10.4 Å². The lowest BCUT2D eigenvalue weighted by Crippen LogP contribution is -2.14. The van der Waals surface area contributed by atoms with Crippen molar-refractivity contribution in [2.24, 2.45) is 0 Å². The van der Waals surface area contributed by atoms with E-state index in [1.54, 1.807) is 17.4 Å². The Bertz CT molecular complexity index is 1170. The van der Waals surface area contributed by atoms with Gasteiger partial charge in [0.2, 0.25) is 0 Å². The van der Waals surface area contributed by atoms with Crippen LogP contribution in [-0.2, 0) is 13.0 Å². The van der Waals surface area contributed by atoms with Crippen LogP contribution < -0.4 is 10.1 Å². The molecule has 4 rings (SSSR count). The SMILES string of the molecule is N#CCc1ccc(OCc2ccccc2NC(=O)c2cc(-c3cccs3)[nH]n2)cc1. The number of aromatic amines is 1. The minimum absolute atomic E-state index is 0.289. The predicted molar refractivity (Wildman–Crippen MR) is 116 cm³/mol. The number of hydrogen-bond donors (Lipinski definition) is 2. The highest BCUT2D eigenvalue weighted by atomic mass is 32.1. The van der Waals surface area contributed by atoms with Gasteiger partial charge in [-0.1, -0.05) is 36.4 Å². The normalized spacial score (nSPS) is 10.4. The first kappa shape index (κ1) is 19.4. The van der Waals surface area contributed by atoms with Gasteiger partial charge in [-0.25, -0.2) is 0 Å². The van der Waals surface area contributed by atoms with E-state index in [1.165, 1.54) is 0 Å². The molecule has 0 saturated heterocycles. The highest BCUT2D eigenvalue weighted by molar-refractivity contribution is 7.13. The fourth-order valence-electron chi connectivity index (χ4n) is 2.91. The first-order chi connectivity index (χ1) is 14.7. The molecule has 2 aromatic heterocycles. The standard InChI is InChI=1S/C23H18N4O2S/c24-12-11-16-7-9-18(10-8-16)29-15-17-4-1-2-5-19(17)25-23(28)21-14-20(26-27-21)22-6-3-13-30-22/h1-10,13-14H,11,15H2,(H,25,28)(H,26,27). The van der Waals surface area contributed by atoms with Gasteiger partial charge in [-0.15, -0.1) is 11.3 Å². The van der Waals surface area contributed by atoms with Crippen LogP contribution in [-0.4, -0.2) is 16.1 Å². The Morgan fingerprint density at radius 1 is 1.13 bits per heavy atom. The number of ether oxygens (including phenoxy) is 1. The second-order valence-corrected chi connectivity index (χ2v) is 7.47. The summed E-state index contributed by atoms with van der Waals surface area (Å²) >= 11 is 1.58. The number of nitrogens with one attached hydrogen (secondary N) is 2. The number of rotatable bonds is 7. The van der Waals surface area contributed by atoms with Gasteiger partial charge in [0.15, 0.2) is 5.69 Å². The molecule has 2 aromatic carbocycles. The molecule has 0 spiro atoms. The van der Waals surface area contributed by atoms with E-state index in [9.17, 15) is 4.79 Å². The van der Waals surface area contributed by atoms with Crippen LogP contribution in [0, 0.1) is 11.3 Å². The number of thiophene rings is 1. The Morgan fingerprint density at radius 3 is 2.73 bits per heavy atom. The van der Waals surface area contributed by atoms with Crippen molar-refractivity contribution in [1.29, 1.82) is 5.26 Å². The molecule has 0 unspecified atom stereocenters. The van der Waals surface area contributed by atoms with Crippen molar-refractivity contribution >= 4 is 22.9 Å². The van der Waals surface area contributed by atoms with Crippen molar-refractivity contribution in [3.8, 4) is 22.4 Å². The third-order valence-electron chi connectivity index (χ3n) is 4.46. The summed E-state index contributed by atoms with van der Waals surface area (Å²) in [5.41, 5.74) is 3.59. The molecule has 0 aliphatic rings. The Morgan fingerprint density at radius 2 is 1.97 bits per heavy atom. The van der Waals surface area contributed by atoms with E-state index < -0.39 is 0 Å². The minimum Gasteiger partial charge on any atom is -0.489 e. The highest BCUT2D eigenvalue weighted by Crippen LogP contribution is 2.24. The molecule has 0 radical (unpaired) electrons. The Hall–Kier alpha value is -3.89. The average Bonchev–Trinajstić information content (AvgIpc) is 3.46. The van der Waals surface area contributed by atoms with Gasteiger partial charge in [0.25, 0.3) is 5.91 Å². The van der Waals surface area contributed by atoms with Gasteiger partial charge in [0.05, 0.1) is 23.1 Å². The fraction of sp³-hybridized carbons (Fsp3) is 0.0870. The smallest absolute Gasteiger partial charge is 0.276 e. The minimum atomic E-state index is -0.289. The van der Waals surface area contributed by atoms with Crippen LogP contribution in [0.2, 0.25) is 0 Å². The predicted octanol–water partition coefficient (Wildman–Crippen LogP) is 5.04. The summed E-state index contributed by atoms with van der Waals surface area (Å²) in [5.74, 6) is 0.410. The van der Waals surface area contributed by atoms with Crippen LogP contribution in [0.4, 0.5) is 5.69 Å². The van der Waals surface area contributed by atoms with Gasteiger partial charge in [0.1, 0.15) is 12.4 Å². The van der Waals surface area contributed by atoms with Crippen LogP contribution in [0.1, 0.15) is 21.6 Å². The number of nitriles is 1. The van der Waals surface area contributed by atoms with E-state index in [4.69, 9.17) is 10.00 Å². The first-order valence-corrected chi connectivity index (χ1v) is 10.2. The summed E-state index contributed by atoms with van der Waals surface area (Å²) in [6, 6.07) is 22.7. The number of anilines is 1. The van der Waals surface area contributed by atoms with Gasteiger partial charge in [-0.05, 0) is 41.3 Å². The molecule has 4 aromatic rings. The molecule has 0 aliphatic carbocycles. The lowest BCUT2D eigenvalue weighted by Gasteiger charge is -2.12. The second-order valence-electron chi connectivity index (χ2n) is 6.52. The summed E-state index contributed by atoms with van der Waals surface area (Å²) in [6.45, 7) is 0.301. The number of para-hydroxylation sites is 1. The van der Waals surface area contributed by atoms with Crippen LogP contribution in [0.15, 0.2) is 72.1 Å². The summed E-state index contributed by atoms with van der Waals surface area (Å²) in [5, 5.41) is 20.7. The monoisotopic (exact) mass is 414 g/mol. The molecule has 6 nitrogen and oxygen atoms in total. The third kappa shape index (κ3) is 4.57. The summed E-state index contributed by atoms with van der Waals surface area (Å²) < 4.78 is 5.85. The fourth-order valence-corrected chi connectivity index (χ4v) is 3.60. The van der Waals surface area contributed by atoms with Gasteiger partial charge < -0.3 is 10.1 Å². The maximum absolute atomic E-state index is 12.7. The Balaban J connectivity index is 1.43. The second kappa shape index (κ2) is 9.07. The lowest BCUT2D eigenvalue weighted by molar-refractivity contribution is 0.102. The number of amides is 1. The number of carbonyl (C=O) groups excluding carboxylic acids is 1. The molecule has 1 amide bonds. The quantitative estimate of drug-likeness (QED) is 0.443. The van der Waals surface area contributed by atoms with Crippen molar-refractivity contribution in [1.82, 2.24) is 10.2 Å². The molecular formula is C23H18N4O2S. The molecule has 0 aliphatic heterocycles. The average molecular weight is 414 g/mol. The molecular weight excluding hydrogens is 396 g/mol. The topological polar surface area (TPSA) is 90.8 Å². The Kier molecular flexibility index (Phi) is 5.88. The zero-order valence-electron chi connectivity index (χ0n) is 16.0. The van der Waals surface area contributed by atoms with Gasteiger partial charge >= 0.3 is 0 Å². The molecule has 0 atom stereocenters. The van der Waals surface area contributed by atoms with Crippen molar-refractivity contribution in [2.45, 2.75) is 13.0 Å². The van der Waals surface area contributed by atoms with E-state index in [2.05, 4.69) is 21.6 Å². The molecule has 2 heterocycles. The summed E-state index contributed by atoms with van der Waals surface area (Å²) in [7, 11) is 0. The molecule has 0 fully saturated rings. The third-order valence-corrected chi connectivity index (χ3v) is 5.37. The zero-order valence-corrected chi connectivity index (χ0v) is 16.8. The van der Waals surface area contributed by atoms with Crippen LogP contribution >= 0.6 is 11.3 Å². The Labute approximate surface area is 177 Å². The lowest BCUT2D eigenvalue weighted by atomic mass is 10.1. The summed E-state index contributed by atoms with van der Waals surface area (Å²) in [4.78, 5) is 13.7. The summed E-state index contributed by atoms with van der Waals surface area (Å²) in [6.07, 6.45) is 0.372. The molecule has 0 bridgehead atoms. The van der Waals surface area contributed by atoms with Gasteiger partial charge in [0, 0.05) is 11.3 Å². The number of benzene rings is 2. The number of hydrogen-bond acceptors (Lipinski definition) is 5. The molecule has 0 saturated carbocycles.